The van der Waals surface area contributed by atoms with Gasteiger partial charge in [-0.2, -0.15) is 10.5 Å². The summed E-state index contributed by atoms with van der Waals surface area (Å²) in [5.74, 6) is 0. The number of nitrogens with zero attached hydrogens (tertiary/aromatic N) is 3. The van der Waals surface area contributed by atoms with Crippen LogP contribution >= 0.6 is 15.9 Å². The predicted molar refractivity (Wildman–Crippen MR) is 129 cm³/mol. The molecule has 0 aromatic heterocycles. The molecule has 0 N–H and O–H groups in total. The highest BCUT2D eigenvalue weighted by Crippen LogP contribution is 2.44. The van der Waals surface area contributed by atoms with Gasteiger partial charge in [0.1, 0.15) is 0 Å². The zero-order valence-corrected chi connectivity index (χ0v) is 19.7. The molecule has 2 saturated carbocycles. The second-order valence-corrected chi connectivity index (χ2v) is 10.1. The zero-order chi connectivity index (χ0) is 21.7. The summed E-state index contributed by atoms with van der Waals surface area (Å²) < 4.78 is 1.07. The van der Waals surface area contributed by atoms with Crippen LogP contribution in [0.15, 0.2) is 53.0 Å². The van der Waals surface area contributed by atoms with Crippen LogP contribution < -0.4 is 4.90 Å². The number of halogens is 1. The van der Waals surface area contributed by atoms with Gasteiger partial charge in [-0.25, -0.2) is 0 Å². The Kier molecular flexibility index (Phi) is 6.68. The van der Waals surface area contributed by atoms with Crippen LogP contribution in [0.1, 0.15) is 68.9 Å². The number of anilines is 1. The van der Waals surface area contributed by atoms with Crippen LogP contribution in [0.25, 0.3) is 0 Å². The van der Waals surface area contributed by atoms with E-state index in [0.29, 0.717) is 0 Å². The first kappa shape index (κ1) is 21.9. The Balaban J connectivity index is 0.000000158. The Bertz CT molecular complexity index is 952. The first-order valence-electron chi connectivity index (χ1n) is 11.5. The fourth-order valence-electron chi connectivity index (χ4n) is 4.90. The van der Waals surface area contributed by atoms with Crippen molar-refractivity contribution >= 4 is 21.6 Å². The molecule has 0 atom stereocenters. The van der Waals surface area contributed by atoms with Crippen molar-refractivity contribution in [1.29, 1.82) is 10.5 Å². The van der Waals surface area contributed by atoms with E-state index >= 15 is 0 Å². The van der Waals surface area contributed by atoms with Gasteiger partial charge in [-0.3, -0.25) is 0 Å². The maximum atomic E-state index is 9.35. The minimum absolute atomic E-state index is 0.166. The summed E-state index contributed by atoms with van der Waals surface area (Å²) in [6.45, 7) is 2.37. The highest BCUT2D eigenvalue weighted by Gasteiger charge is 2.39. The van der Waals surface area contributed by atoms with E-state index in [4.69, 9.17) is 5.26 Å². The van der Waals surface area contributed by atoms with Crippen molar-refractivity contribution in [3.05, 3.63) is 64.1 Å². The summed E-state index contributed by atoms with van der Waals surface area (Å²) in [6.07, 6.45) is 10.5. The third-order valence-corrected chi connectivity index (χ3v) is 7.91. The van der Waals surface area contributed by atoms with Crippen molar-refractivity contribution in [1.82, 2.24) is 0 Å². The number of hydrogen-bond acceptors (Lipinski definition) is 3. The molecule has 1 aliphatic heterocycles. The number of hydrogen-bond donors (Lipinski definition) is 0. The molecule has 2 aromatic carbocycles. The molecular formula is C27H30BrN3. The molecule has 0 bridgehead atoms. The van der Waals surface area contributed by atoms with E-state index < -0.39 is 0 Å². The summed E-state index contributed by atoms with van der Waals surface area (Å²) in [7, 11) is 0. The summed E-state index contributed by atoms with van der Waals surface area (Å²) in [5.41, 5.74) is 3.38. The van der Waals surface area contributed by atoms with Crippen molar-refractivity contribution in [2.24, 2.45) is 0 Å². The molecule has 160 valence electrons. The fraction of sp³-hybridized carbons (Fsp3) is 0.481. The lowest BCUT2D eigenvalue weighted by atomic mass is 9.65. The summed E-state index contributed by atoms with van der Waals surface area (Å²) in [5, 5.41) is 18.4. The summed E-state index contributed by atoms with van der Waals surface area (Å²) in [6, 6.07) is 21.8. The van der Waals surface area contributed by atoms with Gasteiger partial charge in [0, 0.05) is 23.2 Å². The molecule has 5 rings (SSSR count). The Morgan fingerprint density at radius 3 is 1.48 bits per heavy atom. The largest absolute Gasteiger partial charge is 0.372 e. The minimum Gasteiger partial charge on any atom is -0.372 e. The molecule has 3 nitrogen and oxygen atoms in total. The fourth-order valence-corrected chi connectivity index (χ4v) is 5.17. The molecule has 1 heterocycles. The SMILES string of the molecule is N#CC1(c2ccc(Br)cc2)CCC1.N#CC1(c2ccc(N3CCCCC3)cc2)CCC1. The molecule has 31 heavy (non-hydrogen) atoms. The summed E-state index contributed by atoms with van der Waals surface area (Å²) in [4.78, 5) is 2.47. The lowest BCUT2D eigenvalue weighted by Crippen LogP contribution is -2.32. The number of piperidine rings is 1. The molecule has 2 aromatic rings. The second-order valence-electron chi connectivity index (χ2n) is 9.20. The van der Waals surface area contributed by atoms with E-state index in [1.807, 2.05) is 24.3 Å². The summed E-state index contributed by atoms with van der Waals surface area (Å²) >= 11 is 3.39. The van der Waals surface area contributed by atoms with Gasteiger partial charge < -0.3 is 4.90 Å². The maximum Gasteiger partial charge on any atom is 0.0822 e. The molecule has 0 spiro atoms. The zero-order valence-electron chi connectivity index (χ0n) is 18.1. The maximum absolute atomic E-state index is 9.35. The van der Waals surface area contributed by atoms with Crippen LogP contribution in [0.2, 0.25) is 0 Å². The quantitative estimate of drug-likeness (QED) is 0.479. The average molecular weight is 476 g/mol. The Hall–Kier alpha value is -2.30. The van der Waals surface area contributed by atoms with E-state index in [1.165, 1.54) is 62.0 Å². The van der Waals surface area contributed by atoms with Gasteiger partial charge in [0.05, 0.1) is 23.0 Å². The molecule has 0 unspecified atom stereocenters. The Morgan fingerprint density at radius 1 is 0.645 bits per heavy atom. The third kappa shape index (κ3) is 4.51. The van der Waals surface area contributed by atoms with E-state index in [1.54, 1.807) is 0 Å². The van der Waals surface area contributed by atoms with Gasteiger partial charge in [-0.15, -0.1) is 0 Å². The van der Waals surface area contributed by atoms with E-state index in [9.17, 15) is 5.26 Å². The van der Waals surface area contributed by atoms with Gasteiger partial charge in [-0.1, -0.05) is 40.2 Å². The van der Waals surface area contributed by atoms with E-state index in [2.05, 4.69) is 57.2 Å². The molecule has 0 radical (unpaired) electrons. The second kappa shape index (κ2) is 9.46. The van der Waals surface area contributed by atoms with Gasteiger partial charge in [0.25, 0.3) is 0 Å². The number of nitriles is 2. The lowest BCUT2D eigenvalue weighted by Gasteiger charge is -2.36. The van der Waals surface area contributed by atoms with Crippen LogP contribution in [-0.2, 0) is 10.8 Å². The molecule has 1 saturated heterocycles. The van der Waals surface area contributed by atoms with Crippen LogP contribution in [0.4, 0.5) is 5.69 Å². The van der Waals surface area contributed by atoms with Crippen LogP contribution in [0.5, 0.6) is 0 Å². The van der Waals surface area contributed by atoms with Crippen molar-refractivity contribution in [3.8, 4) is 12.1 Å². The van der Waals surface area contributed by atoms with Gasteiger partial charge in [0.2, 0.25) is 0 Å². The molecule has 2 aliphatic carbocycles. The van der Waals surface area contributed by atoms with E-state index in [-0.39, 0.29) is 10.8 Å². The smallest absolute Gasteiger partial charge is 0.0822 e. The molecule has 4 heteroatoms. The Labute approximate surface area is 194 Å². The predicted octanol–water partition coefficient (Wildman–Crippen LogP) is 7.02. The number of rotatable bonds is 3. The Morgan fingerprint density at radius 2 is 1.10 bits per heavy atom. The van der Waals surface area contributed by atoms with Crippen molar-refractivity contribution in [2.45, 2.75) is 68.6 Å². The molecular weight excluding hydrogens is 446 g/mol. The third-order valence-electron chi connectivity index (χ3n) is 7.38. The first-order valence-corrected chi connectivity index (χ1v) is 12.3. The van der Waals surface area contributed by atoms with E-state index in [0.717, 1.165) is 30.2 Å². The van der Waals surface area contributed by atoms with Crippen molar-refractivity contribution < 1.29 is 0 Å². The van der Waals surface area contributed by atoms with Crippen molar-refractivity contribution in [3.63, 3.8) is 0 Å². The lowest BCUT2D eigenvalue weighted by molar-refractivity contribution is 0.324. The molecule has 3 fully saturated rings. The number of benzene rings is 2. The normalized spacial score (nSPS) is 20.7. The topological polar surface area (TPSA) is 50.8 Å². The van der Waals surface area contributed by atoms with Crippen molar-refractivity contribution in [2.75, 3.05) is 18.0 Å². The minimum atomic E-state index is -0.166. The van der Waals surface area contributed by atoms with Crippen LogP contribution in [0, 0.1) is 22.7 Å². The molecule has 0 amide bonds. The monoisotopic (exact) mass is 475 g/mol. The van der Waals surface area contributed by atoms with Gasteiger partial charge in [-0.05, 0) is 93.2 Å². The highest BCUT2D eigenvalue weighted by atomic mass is 79.9. The van der Waals surface area contributed by atoms with Crippen LogP contribution in [0.3, 0.4) is 0 Å². The molecule has 3 aliphatic rings. The van der Waals surface area contributed by atoms with Gasteiger partial charge in [0.15, 0.2) is 0 Å². The highest BCUT2D eigenvalue weighted by molar-refractivity contribution is 9.10. The first-order chi connectivity index (χ1) is 15.1. The standard InChI is InChI=1S/C16H20N2.C11H10BrN/c17-13-16(9-4-10-16)14-5-7-15(8-6-14)18-11-2-1-3-12-18;12-10-4-2-9(3-5-10)11(8-13)6-1-7-11/h5-8H,1-4,9-12H2;2-5H,1,6-7H2. The average Bonchev–Trinajstić information content (AvgIpc) is 2.76. The van der Waals surface area contributed by atoms with Crippen LogP contribution in [-0.4, -0.2) is 13.1 Å². The van der Waals surface area contributed by atoms with Gasteiger partial charge >= 0.3 is 0 Å².